The normalized spacial score (nSPS) is 25.1. The van der Waals surface area contributed by atoms with E-state index in [1.165, 1.54) is 11.8 Å². The second kappa shape index (κ2) is 2.93. The summed E-state index contributed by atoms with van der Waals surface area (Å²) in [5.41, 5.74) is -0.555. The molecule has 11 heavy (non-hydrogen) atoms. The van der Waals surface area contributed by atoms with E-state index in [2.05, 4.69) is 0 Å². The molecule has 1 atom stereocenters. The molecule has 1 heterocycles. The van der Waals surface area contributed by atoms with E-state index in [-0.39, 0.29) is 5.25 Å². The summed E-state index contributed by atoms with van der Waals surface area (Å²) in [6.45, 7) is 1.85. The Labute approximate surface area is 67.2 Å². The van der Waals surface area contributed by atoms with Gasteiger partial charge in [0.15, 0.2) is 0 Å². The first kappa shape index (κ1) is 8.71. The molecule has 0 radical (unpaired) electrons. The monoisotopic (exact) mass is 180 g/mol. The van der Waals surface area contributed by atoms with Gasteiger partial charge in [-0.2, -0.15) is 13.2 Å². The summed E-state index contributed by atoms with van der Waals surface area (Å²) >= 11 is 1.18. The third-order valence-electron chi connectivity index (χ3n) is 1.28. The average molecular weight is 180 g/mol. The summed E-state index contributed by atoms with van der Waals surface area (Å²) in [6.07, 6.45) is -1.52. The van der Waals surface area contributed by atoms with E-state index in [0.717, 1.165) is 11.5 Å². The molecular formula is C7H7F3S. The molecule has 1 aliphatic heterocycles. The molecule has 0 spiro atoms. The Morgan fingerprint density at radius 3 is 2.45 bits per heavy atom. The van der Waals surface area contributed by atoms with Gasteiger partial charge >= 0.3 is 6.18 Å². The Balaban J connectivity index is 2.71. The Morgan fingerprint density at radius 1 is 1.45 bits per heavy atom. The highest BCUT2D eigenvalue weighted by Gasteiger charge is 2.32. The summed E-state index contributed by atoms with van der Waals surface area (Å²) in [7, 11) is 0. The molecule has 0 N–H and O–H groups in total. The number of hydrogen-bond acceptors (Lipinski definition) is 1. The van der Waals surface area contributed by atoms with Crippen LogP contribution in [0.15, 0.2) is 23.1 Å². The number of allylic oxidation sites excluding steroid dienone is 2. The highest BCUT2D eigenvalue weighted by molar-refractivity contribution is 8.02. The third kappa shape index (κ3) is 2.29. The van der Waals surface area contributed by atoms with Gasteiger partial charge in [0.2, 0.25) is 0 Å². The zero-order chi connectivity index (χ0) is 8.48. The molecule has 0 aromatic heterocycles. The van der Waals surface area contributed by atoms with Crippen molar-refractivity contribution in [3.8, 4) is 0 Å². The van der Waals surface area contributed by atoms with Crippen molar-refractivity contribution >= 4 is 11.8 Å². The van der Waals surface area contributed by atoms with E-state index in [4.69, 9.17) is 0 Å². The Bertz CT molecular complexity index is 202. The lowest BCUT2D eigenvalue weighted by Gasteiger charge is -2.13. The van der Waals surface area contributed by atoms with Crippen molar-refractivity contribution < 1.29 is 13.2 Å². The first-order valence-corrected chi connectivity index (χ1v) is 4.05. The van der Waals surface area contributed by atoms with E-state index >= 15 is 0 Å². The Kier molecular flexibility index (Phi) is 2.32. The molecule has 0 amide bonds. The van der Waals surface area contributed by atoms with Crippen LogP contribution in [-0.4, -0.2) is 11.4 Å². The lowest BCUT2D eigenvalue weighted by molar-refractivity contribution is -0.0880. The van der Waals surface area contributed by atoms with Crippen molar-refractivity contribution in [3.05, 3.63) is 23.1 Å². The molecule has 0 aromatic rings. The van der Waals surface area contributed by atoms with Crippen LogP contribution in [0.1, 0.15) is 6.92 Å². The van der Waals surface area contributed by atoms with Crippen LogP contribution in [-0.2, 0) is 0 Å². The Hall–Kier alpha value is -0.380. The minimum Gasteiger partial charge on any atom is -0.166 e. The van der Waals surface area contributed by atoms with E-state index in [0.29, 0.717) is 0 Å². The highest BCUT2D eigenvalue weighted by Crippen LogP contribution is 2.33. The van der Waals surface area contributed by atoms with Gasteiger partial charge in [-0.15, -0.1) is 11.8 Å². The number of thioether (sulfide) groups is 1. The SMILES string of the molecule is CC1C=CC(C(F)(F)F)=CS1. The van der Waals surface area contributed by atoms with Crippen molar-refractivity contribution in [1.82, 2.24) is 0 Å². The van der Waals surface area contributed by atoms with Gasteiger partial charge in [0.1, 0.15) is 0 Å². The quantitative estimate of drug-likeness (QED) is 0.552. The summed E-state index contributed by atoms with van der Waals surface area (Å²) in [6, 6.07) is 0. The molecule has 1 aliphatic rings. The van der Waals surface area contributed by atoms with E-state index in [1.807, 2.05) is 6.92 Å². The lowest BCUT2D eigenvalue weighted by atomic mass is 10.2. The molecule has 62 valence electrons. The van der Waals surface area contributed by atoms with Crippen molar-refractivity contribution in [3.63, 3.8) is 0 Å². The van der Waals surface area contributed by atoms with Gasteiger partial charge in [-0.3, -0.25) is 0 Å². The molecule has 0 saturated carbocycles. The van der Waals surface area contributed by atoms with Crippen LogP contribution in [0, 0.1) is 0 Å². The van der Waals surface area contributed by atoms with Crippen molar-refractivity contribution in [1.29, 1.82) is 0 Å². The number of alkyl halides is 3. The van der Waals surface area contributed by atoms with Crippen molar-refractivity contribution in [2.75, 3.05) is 0 Å². The molecule has 0 saturated heterocycles. The minimum atomic E-state index is -4.19. The summed E-state index contributed by atoms with van der Waals surface area (Å²) in [5, 5.41) is 1.31. The smallest absolute Gasteiger partial charge is 0.166 e. The van der Waals surface area contributed by atoms with Gasteiger partial charge in [0, 0.05) is 5.25 Å². The fourth-order valence-electron chi connectivity index (χ4n) is 0.666. The van der Waals surface area contributed by atoms with E-state index in [9.17, 15) is 13.2 Å². The Morgan fingerprint density at radius 2 is 2.09 bits per heavy atom. The molecule has 0 bridgehead atoms. The maximum atomic E-state index is 11.9. The summed E-state index contributed by atoms with van der Waals surface area (Å²) < 4.78 is 35.8. The predicted octanol–water partition coefficient (Wildman–Crippen LogP) is 3.12. The van der Waals surface area contributed by atoms with Crippen LogP contribution in [0.25, 0.3) is 0 Å². The second-order valence-corrected chi connectivity index (χ2v) is 3.52. The van der Waals surface area contributed by atoms with Crippen LogP contribution in [0.4, 0.5) is 13.2 Å². The molecule has 0 nitrogen and oxygen atoms in total. The number of halogens is 3. The zero-order valence-electron chi connectivity index (χ0n) is 5.85. The fourth-order valence-corrected chi connectivity index (χ4v) is 1.41. The predicted molar refractivity (Wildman–Crippen MR) is 40.3 cm³/mol. The van der Waals surface area contributed by atoms with Gasteiger partial charge in [-0.1, -0.05) is 12.2 Å². The largest absolute Gasteiger partial charge is 0.416 e. The molecule has 1 rings (SSSR count). The summed E-state index contributed by atoms with van der Waals surface area (Å²) in [5.74, 6) is 0. The van der Waals surface area contributed by atoms with Gasteiger partial charge in [-0.05, 0) is 12.3 Å². The second-order valence-electron chi connectivity index (χ2n) is 2.27. The molecule has 0 fully saturated rings. The minimum absolute atomic E-state index is 0.154. The standard InChI is InChI=1S/C7H7F3S/c1-5-2-3-6(4-11-5)7(8,9)10/h2-5H,1H3. The molecule has 0 aromatic carbocycles. The highest BCUT2D eigenvalue weighted by atomic mass is 32.2. The molecule has 0 aliphatic carbocycles. The van der Waals surface area contributed by atoms with Crippen molar-refractivity contribution in [2.45, 2.75) is 18.3 Å². The van der Waals surface area contributed by atoms with Gasteiger partial charge < -0.3 is 0 Å². The zero-order valence-corrected chi connectivity index (χ0v) is 6.67. The lowest BCUT2D eigenvalue weighted by Crippen LogP contribution is -2.11. The molecular weight excluding hydrogens is 173 g/mol. The van der Waals surface area contributed by atoms with Crippen molar-refractivity contribution in [2.24, 2.45) is 0 Å². The first-order chi connectivity index (χ1) is 5.00. The summed E-state index contributed by atoms with van der Waals surface area (Å²) in [4.78, 5) is 0. The van der Waals surface area contributed by atoms with Gasteiger partial charge in [0.05, 0.1) is 5.57 Å². The van der Waals surface area contributed by atoms with Crippen LogP contribution >= 0.6 is 11.8 Å². The fraction of sp³-hybridized carbons (Fsp3) is 0.429. The third-order valence-corrected chi connectivity index (χ3v) is 2.26. The topological polar surface area (TPSA) is 0 Å². The van der Waals surface area contributed by atoms with Gasteiger partial charge in [0.25, 0.3) is 0 Å². The van der Waals surface area contributed by atoms with Crippen LogP contribution < -0.4 is 0 Å². The molecule has 4 heteroatoms. The molecule has 1 unspecified atom stereocenters. The van der Waals surface area contributed by atoms with E-state index < -0.39 is 11.7 Å². The van der Waals surface area contributed by atoms with E-state index in [1.54, 1.807) is 6.08 Å². The maximum Gasteiger partial charge on any atom is 0.416 e. The number of rotatable bonds is 0. The van der Waals surface area contributed by atoms with Crippen LogP contribution in [0.3, 0.4) is 0 Å². The van der Waals surface area contributed by atoms with Crippen LogP contribution in [0.2, 0.25) is 0 Å². The first-order valence-electron chi connectivity index (χ1n) is 3.11. The van der Waals surface area contributed by atoms with Crippen LogP contribution in [0.5, 0.6) is 0 Å². The maximum absolute atomic E-state index is 11.9. The average Bonchev–Trinajstić information content (AvgIpc) is 1.86. The number of hydrogen-bond donors (Lipinski definition) is 0. The van der Waals surface area contributed by atoms with Gasteiger partial charge in [-0.25, -0.2) is 0 Å².